The minimum absolute atomic E-state index is 0.142. The molecule has 108 valence electrons. The van der Waals surface area contributed by atoms with Crippen molar-refractivity contribution in [3.63, 3.8) is 0 Å². The molecule has 0 aliphatic carbocycles. The predicted molar refractivity (Wildman–Crippen MR) is 78.5 cm³/mol. The lowest BCUT2D eigenvalue weighted by atomic mass is 9.83. The van der Waals surface area contributed by atoms with Gasteiger partial charge in [-0.25, -0.2) is 0 Å². The minimum Gasteiger partial charge on any atom is -0.472 e. The maximum absolute atomic E-state index is 11.5. The molecule has 0 bridgehead atoms. The van der Waals surface area contributed by atoms with E-state index in [0.717, 1.165) is 11.1 Å². The molecule has 3 heterocycles. The van der Waals surface area contributed by atoms with Crippen LogP contribution in [0, 0.1) is 10.1 Å². The van der Waals surface area contributed by atoms with E-state index in [2.05, 4.69) is 6.07 Å². The molecule has 0 saturated heterocycles. The SMILES string of the molecule is O=[N+]([O-])c1ccc[n+]2c1C(c1ccoc1)c1ccccc1C2. The number of aromatic nitrogens is 1. The molecule has 0 amide bonds. The molecule has 22 heavy (non-hydrogen) atoms. The van der Waals surface area contributed by atoms with Crippen molar-refractivity contribution in [2.75, 3.05) is 0 Å². The summed E-state index contributed by atoms with van der Waals surface area (Å²) in [6.45, 7) is 0.640. The highest BCUT2D eigenvalue weighted by molar-refractivity contribution is 5.49. The highest BCUT2D eigenvalue weighted by Crippen LogP contribution is 2.38. The summed E-state index contributed by atoms with van der Waals surface area (Å²) < 4.78 is 7.18. The second kappa shape index (κ2) is 4.80. The largest absolute Gasteiger partial charge is 0.472 e. The van der Waals surface area contributed by atoms with E-state index in [9.17, 15) is 10.1 Å². The standard InChI is InChI=1S/C17H13N2O3/c20-19(21)15-6-3-8-18-10-12-4-1-2-5-14(12)16(17(15)18)13-7-9-22-11-13/h1-9,11,16H,10H2/q+1. The molecule has 0 fully saturated rings. The Bertz CT molecular complexity index is 856. The Hall–Kier alpha value is -2.95. The van der Waals surface area contributed by atoms with Crippen molar-refractivity contribution in [1.82, 2.24) is 0 Å². The van der Waals surface area contributed by atoms with Gasteiger partial charge in [0.1, 0.15) is 5.92 Å². The summed E-state index contributed by atoms with van der Waals surface area (Å²) in [6.07, 6.45) is 5.16. The second-order valence-electron chi connectivity index (χ2n) is 5.35. The molecular weight excluding hydrogens is 280 g/mol. The van der Waals surface area contributed by atoms with Gasteiger partial charge >= 0.3 is 5.69 Å². The summed E-state index contributed by atoms with van der Waals surface area (Å²) in [5, 5.41) is 11.5. The van der Waals surface area contributed by atoms with Gasteiger partial charge in [-0.15, -0.1) is 0 Å². The minimum atomic E-state index is -0.313. The third-order valence-electron chi connectivity index (χ3n) is 4.15. The Morgan fingerprint density at radius 1 is 1.18 bits per heavy atom. The van der Waals surface area contributed by atoms with E-state index in [4.69, 9.17) is 4.42 Å². The van der Waals surface area contributed by atoms with Crippen LogP contribution in [0.1, 0.15) is 28.3 Å². The van der Waals surface area contributed by atoms with Crippen LogP contribution >= 0.6 is 0 Å². The molecule has 2 aromatic heterocycles. The zero-order valence-electron chi connectivity index (χ0n) is 11.7. The van der Waals surface area contributed by atoms with Gasteiger partial charge in [0.25, 0.3) is 5.69 Å². The topological polar surface area (TPSA) is 60.2 Å². The van der Waals surface area contributed by atoms with Gasteiger partial charge in [0, 0.05) is 23.3 Å². The number of hydrogen-bond donors (Lipinski definition) is 0. The number of pyridine rings is 1. The molecule has 3 aromatic rings. The third-order valence-corrected chi connectivity index (χ3v) is 4.15. The number of rotatable bonds is 2. The smallest absolute Gasteiger partial charge is 0.336 e. The van der Waals surface area contributed by atoms with Crippen LogP contribution in [-0.2, 0) is 6.54 Å². The quantitative estimate of drug-likeness (QED) is 0.324. The van der Waals surface area contributed by atoms with Gasteiger partial charge in [-0.05, 0) is 11.6 Å². The lowest BCUT2D eigenvalue weighted by Gasteiger charge is -2.22. The van der Waals surface area contributed by atoms with Crippen molar-refractivity contribution in [3.05, 3.63) is 93.7 Å². The van der Waals surface area contributed by atoms with Gasteiger partial charge < -0.3 is 4.42 Å². The monoisotopic (exact) mass is 293 g/mol. The van der Waals surface area contributed by atoms with Crippen molar-refractivity contribution >= 4 is 5.69 Å². The van der Waals surface area contributed by atoms with Crippen LogP contribution in [0.4, 0.5) is 5.69 Å². The Balaban J connectivity index is 2.03. The molecule has 5 nitrogen and oxygen atoms in total. The van der Waals surface area contributed by atoms with Crippen LogP contribution in [0.5, 0.6) is 0 Å². The molecule has 4 rings (SSSR count). The number of hydrogen-bond acceptors (Lipinski definition) is 3. The van der Waals surface area contributed by atoms with Crippen LogP contribution in [0.2, 0.25) is 0 Å². The molecule has 1 aliphatic heterocycles. The van der Waals surface area contributed by atoms with E-state index in [-0.39, 0.29) is 16.5 Å². The fourth-order valence-corrected chi connectivity index (χ4v) is 3.22. The summed E-state index contributed by atoms with van der Waals surface area (Å²) in [6, 6.07) is 13.2. The van der Waals surface area contributed by atoms with Gasteiger partial charge in [0.2, 0.25) is 0 Å². The van der Waals surface area contributed by atoms with Crippen molar-refractivity contribution in [2.45, 2.75) is 12.5 Å². The summed E-state index contributed by atoms with van der Waals surface area (Å²) in [5.41, 5.74) is 4.04. The first-order chi connectivity index (χ1) is 10.8. The Labute approximate surface area is 126 Å². The molecule has 1 atom stereocenters. The number of nitrogens with zero attached hydrogens (tertiary/aromatic N) is 2. The van der Waals surface area contributed by atoms with Crippen molar-refractivity contribution in [2.24, 2.45) is 0 Å². The Kier molecular flexibility index (Phi) is 2.79. The van der Waals surface area contributed by atoms with Crippen LogP contribution in [-0.4, -0.2) is 4.92 Å². The Morgan fingerprint density at radius 3 is 2.82 bits per heavy atom. The zero-order valence-corrected chi connectivity index (χ0v) is 11.7. The van der Waals surface area contributed by atoms with E-state index in [1.165, 1.54) is 5.56 Å². The molecular formula is C17H13N2O3+. The first-order valence-electron chi connectivity index (χ1n) is 7.02. The molecule has 1 aliphatic rings. The predicted octanol–water partition coefficient (Wildman–Crippen LogP) is 3.02. The zero-order chi connectivity index (χ0) is 15.1. The van der Waals surface area contributed by atoms with Crippen LogP contribution in [0.25, 0.3) is 0 Å². The summed E-state index contributed by atoms with van der Waals surface area (Å²) in [5.74, 6) is -0.190. The molecule has 0 N–H and O–H groups in total. The van der Waals surface area contributed by atoms with Crippen molar-refractivity contribution in [1.29, 1.82) is 0 Å². The lowest BCUT2D eigenvalue weighted by Crippen LogP contribution is -2.44. The summed E-state index contributed by atoms with van der Waals surface area (Å²) in [4.78, 5) is 11.2. The average Bonchev–Trinajstić information content (AvgIpc) is 3.05. The maximum Gasteiger partial charge on any atom is 0.336 e. The fourth-order valence-electron chi connectivity index (χ4n) is 3.22. The second-order valence-corrected chi connectivity index (χ2v) is 5.35. The van der Waals surface area contributed by atoms with E-state index < -0.39 is 0 Å². The maximum atomic E-state index is 11.5. The molecule has 0 radical (unpaired) electrons. The van der Waals surface area contributed by atoms with Crippen molar-refractivity contribution < 1.29 is 13.9 Å². The van der Waals surface area contributed by atoms with E-state index in [1.807, 2.05) is 35.0 Å². The van der Waals surface area contributed by atoms with Gasteiger partial charge in [-0.3, -0.25) is 10.1 Å². The third kappa shape index (κ3) is 1.83. The van der Waals surface area contributed by atoms with Gasteiger partial charge in [0.15, 0.2) is 12.7 Å². The lowest BCUT2D eigenvalue weighted by molar-refractivity contribution is -0.701. The molecule has 0 spiro atoms. The van der Waals surface area contributed by atoms with E-state index in [1.54, 1.807) is 24.7 Å². The van der Waals surface area contributed by atoms with Crippen LogP contribution in [0.3, 0.4) is 0 Å². The highest BCUT2D eigenvalue weighted by atomic mass is 16.6. The Morgan fingerprint density at radius 2 is 2.05 bits per heavy atom. The summed E-state index contributed by atoms with van der Waals surface area (Å²) >= 11 is 0. The number of furan rings is 1. The van der Waals surface area contributed by atoms with Crippen LogP contribution < -0.4 is 4.57 Å². The molecule has 1 unspecified atom stereocenters. The molecule has 0 saturated carbocycles. The molecule has 1 aromatic carbocycles. The first-order valence-corrected chi connectivity index (χ1v) is 7.02. The van der Waals surface area contributed by atoms with E-state index in [0.29, 0.717) is 12.2 Å². The fraction of sp³-hybridized carbons (Fsp3) is 0.118. The van der Waals surface area contributed by atoms with Crippen LogP contribution in [0.15, 0.2) is 65.6 Å². The first kappa shape index (κ1) is 12.8. The average molecular weight is 293 g/mol. The normalized spacial score (nSPS) is 15.9. The van der Waals surface area contributed by atoms with Gasteiger partial charge in [-0.1, -0.05) is 24.3 Å². The summed E-state index contributed by atoms with van der Waals surface area (Å²) in [7, 11) is 0. The molecule has 5 heteroatoms. The van der Waals surface area contributed by atoms with Gasteiger partial charge in [-0.2, -0.15) is 4.57 Å². The van der Waals surface area contributed by atoms with Gasteiger partial charge in [0.05, 0.1) is 17.4 Å². The van der Waals surface area contributed by atoms with E-state index >= 15 is 0 Å². The number of fused-ring (bicyclic) bond motifs is 2. The van der Waals surface area contributed by atoms with Crippen molar-refractivity contribution in [3.8, 4) is 0 Å². The number of benzene rings is 1. The highest BCUT2D eigenvalue weighted by Gasteiger charge is 2.39. The number of nitro groups is 1.